The number of hydrogen-bond acceptors (Lipinski definition) is 5. The first-order chi connectivity index (χ1) is 14.5. The van der Waals surface area contributed by atoms with E-state index in [2.05, 4.69) is 15.3 Å². The summed E-state index contributed by atoms with van der Waals surface area (Å²) in [6.45, 7) is 0. The van der Waals surface area contributed by atoms with Crippen LogP contribution in [0.25, 0.3) is 16.9 Å². The van der Waals surface area contributed by atoms with Crippen LogP contribution in [-0.2, 0) is 0 Å². The molecule has 0 bridgehead atoms. The van der Waals surface area contributed by atoms with Gasteiger partial charge in [0.1, 0.15) is 5.75 Å². The molecule has 30 heavy (non-hydrogen) atoms. The fraction of sp³-hybridized carbons (Fsp3) is 0.136. The van der Waals surface area contributed by atoms with E-state index in [0.717, 1.165) is 16.9 Å². The van der Waals surface area contributed by atoms with Gasteiger partial charge in [-0.25, -0.2) is 9.97 Å². The van der Waals surface area contributed by atoms with Crippen molar-refractivity contribution >= 4 is 34.7 Å². The van der Waals surface area contributed by atoms with Crippen LogP contribution in [0.15, 0.2) is 61.1 Å². The highest BCUT2D eigenvalue weighted by molar-refractivity contribution is 6.32. The molecule has 4 aromatic rings. The van der Waals surface area contributed by atoms with Crippen LogP contribution < -0.4 is 10.1 Å². The van der Waals surface area contributed by atoms with Crippen molar-refractivity contribution in [3.8, 4) is 17.0 Å². The summed E-state index contributed by atoms with van der Waals surface area (Å²) in [5, 5.41) is 3.80. The maximum absolute atomic E-state index is 12.1. The molecule has 2 aromatic heterocycles. The van der Waals surface area contributed by atoms with Crippen molar-refractivity contribution in [2.24, 2.45) is 0 Å². The molecular formula is C22H20ClN5O2. The topological polar surface area (TPSA) is 71.8 Å². The van der Waals surface area contributed by atoms with Gasteiger partial charge >= 0.3 is 0 Å². The van der Waals surface area contributed by atoms with Crippen molar-refractivity contribution in [3.05, 3.63) is 71.6 Å². The Balaban J connectivity index is 1.65. The second kappa shape index (κ2) is 8.04. The van der Waals surface area contributed by atoms with Crippen LogP contribution in [0.4, 0.5) is 11.5 Å². The molecule has 7 nitrogen and oxygen atoms in total. The number of hydrogen-bond donors (Lipinski definition) is 1. The number of imidazole rings is 1. The average Bonchev–Trinajstić information content (AvgIpc) is 3.19. The number of rotatable bonds is 5. The molecule has 0 radical (unpaired) electrons. The van der Waals surface area contributed by atoms with E-state index in [-0.39, 0.29) is 5.91 Å². The van der Waals surface area contributed by atoms with Crippen LogP contribution in [0.3, 0.4) is 0 Å². The molecule has 1 N–H and O–H groups in total. The van der Waals surface area contributed by atoms with Crippen LogP contribution >= 0.6 is 11.6 Å². The van der Waals surface area contributed by atoms with Crippen LogP contribution in [-0.4, -0.2) is 46.4 Å². The van der Waals surface area contributed by atoms with Gasteiger partial charge in [0.15, 0.2) is 11.5 Å². The van der Waals surface area contributed by atoms with Crippen LogP contribution in [0.2, 0.25) is 5.02 Å². The number of aromatic nitrogens is 3. The predicted molar refractivity (Wildman–Crippen MR) is 118 cm³/mol. The van der Waals surface area contributed by atoms with Gasteiger partial charge in [0.25, 0.3) is 5.91 Å². The molecule has 2 aromatic carbocycles. The second-order valence-electron chi connectivity index (χ2n) is 6.86. The minimum Gasteiger partial charge on any atom is -0.495 e. The summed E-state index contributed by atoms with van der Waals surface area (Å²) in [5.41, 5.74) is 3.90. The van der Waals surface area contributed by atoms with Crippen LogP contribution in [0.1, 0.15) is 10.4 Å². The Kier molecular flexibility index (Phi) is 5.29. The normalized spacial score (nSPS) is 10.8. The minimum absolute atomic E-state index is 0.0437. The van der Waals surface area contributed by atoms with E-state index in [1.54, 1.807) is 50.6 Å². The standard InChI is InChI=1S/C22H20ClN5O2/c1-27(2)22(29)14-4-7-16(8-5-14)26-20-21-25-13-18(28(21)11-10-24-20)15-6-9-19(30-3)17(23)12-15/h4-13H,1-3H3,(H,24,26). The third-order valence-corrected chi connectivity index (χ3v) is 4.97. The molecule has 0 aliphatic rings. The van der Waals surface area contributed by atoms with Crippen molar-refractivity contribution in [2.45, 2.75) is 0 Å². The van der Waals surface area contributed by atoms with E-state index in [9.17, 15) is 4.79 Å². The first-order valence-corrected chi connectivity index (χ1v) is 9.60. The van der Waals surface area contributed by atoms with Crippen molar-refractivity contribution in [1.82, 2.24) is 19.3 Å². The van der Waals surface area contributed by atoms with Gasteiger partial charge in [0, 0.05) is 43.3 Å². The summed E-state index contributed by atoms with van der Waals surface area (Å²) in [6.07, 6.45) is 5.33. The molecule has 0 unspecified atom stereocenters. The number of halogens is 1. The van der Waals surface area contributed by atoms with Gasteiger partial charge in [0.2, 0.25) is 0 Å². The fourth-order valence-corrected chi connectivity index (χ4v) is 3.40. The van der Waals surface area contributed by atoms with Gasteiger partial charge in [-0.3, -0.25) is 9.20 Å². The maximum atomic E-state index is 12.1. The third kappa shape index (κ3) is 3.67. The lowest BCUT2D eigenvalue weighted by molar-refractivity contribution is 0.0827. The number of nitrogens with one attached hydrogen (secondary N) is 1. The van der Waals surface area contributed by atoms with Crippen molar-refractivity contribution in [2.75, 3.05) is 26.5 Å². The molecule has 1 amide bonds. The molecule has 8 heteroatoms. The van der Waals surface area contributed by atoms with Gasteiger partial charge in [0.05, 0.1) is 24.0 Å². The number of amides is 1. The van der Waals surface area contributed by atoms with E-state index >= 15 is 0 Å². The zero-order valence-electron chi connectivity index (χ0n) is 16.8. The van der Waals surface area contributed by atoms with E-state index in [1.807, 2.05) is 40.9 Å². The van der Waals surface area contributed by atoms with Crippen LogP contribution in [0.5, 0.6) is 5.75 Å². The van der Waals surface area contributed by atoms with Gasteiger partial charge in [-0.15, -0.1) is 0 Å². The second-order valence-corrected chi connectivity index (χ2v) is 7.27. The summed E-state index contributed by atoms with van der Waals surface area (Å²) in [4.78, 5) is 22.6. The quantitative estimate of drug-likeness (QED) is 0.513. The Morgan fingerprint density at radius 1 is 1.13 bits per heavy atom. The van der Waals surface area contributed by atoms with Gasteiger partial charge in [-0.05, 0) is 42.5 Å². The van der Waals surface area contributed by atoms with E-state index < -0.39 is 0 Å². The molecular weight excluding hydrogens is 402 g/mol. The number of carbonyl (C=O) groups is 1. The molecule has 0 saturated heterocycles. The highest BCUT2D eigenvalue weighted by Gasteiger charge is 2.13. The van der Waals surface area contributed by atoms with Crippen molar-refractivity contribution in [1.29, 1.82) is 0 Å². The SMILES string of the molecule is COc1ccc(-c2cnc3c(Nc4ccc(C(=O)N(C)C)cc4)nccn23)cc1Cl. The summed E-state index contributed by atoms with van der Waals surface area (Å²) in [5.74, 6) is 1.18. The molecule has 152 valence electrons. The number of benzene rings is 2. The number of ether oxygens (including phenoxy) is 1. The lowest BCUT2D eigenvalue weighted by Crippen LogP contribution is -2.21. The largest absolute Gasteiger partial charge is 0.495 e. The summed E-state index contributed by atoms with van der Waals surface area (Å²) in [6, 6.07) is 12.8. The maximum Gasteiger partial charge on any atom is 0.253 e. The lowest BCUT2D eigenvalue weighted by Gasteiger charge is -2.11. The Hall–Kier alpha value is -3.58. The Morgan fingerprint density at radius 3 is 2.57 bits per heavy atom. The van der Waals surface area contributed by atoms with Crippen LogP contribution in [0, 0.1) is 0 Å². The van der Waals surface area contributed by atoms with Gasteiger partial charge in [-0.2, -0.15) is 0 Å². The molecule has 0 fully saturated rings. The Morgan fingerprint density at radius 2 is 1.90 bits per heavy atom. The number of nitrogens with zero attached hydrogens (tertiary/aromatic N) is 4. The van der Waals surface area contributed by atoms with E-state index in [0.29, 0.717) is 27.8 Å². The summed E-state index contributed by atoms with van der Waals surface area (Å²) < 4.78 is 7.17. The van der Waals surface area contributed by atoms with E-state index in [1.165, 1.54) is 0 Å². The zero-order chi connectivity index (χ0) is 21.3. The van der Waals surface area contributed by atoms with Gasteiger partial charge < -0.3 is 15.0 Å². The molecule has 2 heterocycles. The molecule has 0 saturated carbocycles. The number of methoxy groups -OCH3 is 1. The number of anilines is 2. The van der Waals surface area contributed by atoms with Gasteiger partial charge in [-0.1, -0.05) is 11.6 Å². The minimum atomic E-state index is -0.0437. The molecule has 0 spiro atoms. The highest BCUT2D eigenvalue weighted by Crippen LogP contribution is 2.31. The molecule has 4 rings (SSSR count). The summed E-state index contributed by atoms with van der Waals surface area (Å²) >= 11 is 6.28. The third-order valence-electron chi connectivity index (χ3n) is 4.68. The molecule has 0 atom stereocenters. The van der Waals surface area contributed by atoms with Crippen molar-refractivity contribution in [3.63, 3.8) is 0 Å². The molecule has 0 aliphatic carbocycles. The zero-order valence-corrected chi connectivity index (χ0v) is 17.5. The smallest absolute Gasteiger partial charge is 0.253 e. The number of carbonyl (C=O) groups excluding carboxylic acids is 1. The Labute approximate surface area is 178 Å². The fourth-order valence-electron chi connectivity index (χ4n) is 3.14. The molecule has 0 aliphatic heterocycles. The first-order valence-electron chi connectivity index (χ1n) is 9.22. The Bertz CT molecular complexity index is 1220. The van der Waals surface area contributed by atoms with Crippen molar-refractivity contribution < 1.29 is 9.53 Å². The first kappa shape index (κ1) is 19.7. The average molecular weight is 422 g/mol. The highest BCUT2D eigenvalue weighted by atomic mass is 35.5. The predicted octanol–water partition coefficient (Wildman–Crippen LogP) is 4.50. The lowest BCUT2D eigenvalue weighted by atomic mass is 10.1. The summed E-state index contributed by atoms with van der Waals surface area (Å²) in [7, 11) is 5.04. The monoisotopic (exact) mass is 421 g/mol. The van der Waals surface area contributed by atoms with E-state index in [4.69, 9.17) is 16.3 Å². The number of fused-ring (bicyclic) bond motifs is 1.